The van der Waals surface area contributed by atoms with Gasteiger partial charge >= 0.3 is 0 Å². The molecule has 7 nitrogen and oxygen atoms in total. The largest absolute Gasteiger partial charge is 0.492 e. The number of aliphatic hydroxyl groups is 1. The van der Waals surface area contributed by atoms with Crippen LogP contribution in [0.25, 0.3) is 11.4 Å². The number of hydrogen-bond acceptors (Lipinski definition) is 6. The van der Waals surface area contributed by atoms with Crippen LogP contribution < -0.4 is 4.74 Å². The Labute approximate surface area is 171 Å². The summed E-state index contributed by atoms with van der Waals surface area (Å²) in [5.41, 5.74) is 1.01. The second-order valence-corrected chi connectivity index (χ2v) is 8.17. The van der Waals surface area contributed by atoms with E-state index >= 15 is 0 Å². The van der Waals surface area contributed by atoms with E-state index in [0.717, 1.165) is 23.7 Å². The van der Waals surface area contributed by atoms with Gasteiger partial charge in [-0.2, -0.15) is 0 Å². The normalized spacial score (nSPS) is 29.8. The van der Waals surface area contributed by atoms with Crippen LogP contribution in [0, 0.1) is 0 Å². The molecule has 3 aliphatic rings. The first-order valence-electron chi connectivity index (χ1n) is 10.7. The molecule has 1 aromatic heterocycles. The van der Waals surface area contributed by atoms with Crippen molar-refractivity contribution in [1.82, 2.24) is 14.5 Å². The fourth-order valence-corrected chi connectivity index (χ4v) is 4.70. The molecule has 0 spiro atoms. The molecule has 7 heteroatoms. The van der Waals surface area contributed by atoms with Gasteiger partial charge < -0.3 is 23.9 Å². The van der Waals surface area contributed by atoms with E-state index in [2.05, 4.69) is 14.5 Å². The van der Waals surface area contributed by atoms with E-state index < -0.39 is 6.10 Å². The number of rotatable bonds is 6. The number of hydrogen-bond donors (Lipinski definition) is 1. The zero-order valence-corrected chi connectivity index (χ0v) is 16.7. The van der Waals surface area contributed by atoms with Crippen molar-refractivity contribution in [3.05, 3.63) is 36.7 Å². The molecule has 156 valence electrons. The summed E-state index contributed by atoms with van der Waals surface area (Å²) in [5, 5.41) is 10.0. The van der Waals surface area contributed by atoms with E-state index in [4.69, 9.17) is 14.2 Å². The molecule has 0 amide bonds. The minimum atomic E-state index is -0.548. The molecule has 1 aromatic carbocycles. The maximum Gasteiger partial charge on any atom is 0.140 e. The zero-order chi connectivity index (χ0) is 19.6. The molecule has 4 heterocycles. The second-order valence-electron chi connectivity index (χ2n) is 8.17. The highest BCUT2D eigenvalue weighted by Gasteiger charge is 2.48. The van der Waals surface area contributed by atoms with Crippen LogP contribution in [0.1, 0.15) is 25.3 Å². The number of likely N-dealkylation sites (tertiary alicyclic amines) is 1. The van der Waals surface area contributed by atoms with Gasteiger partial charge in [0, 0.05) is 24.5 Å². The number of fused-ring (bicyclic) bond motifs is 1. The smallest absolute Gasteiger partial charge is 0.140 e. The molecule has 3 aliphatic heterocycles. The Balaban J connectivity index is 1.27. The summed E-state index contributed by atoms with van der Waals surface area (Å²) in [6.45, 7) is 4.88. The average molecular weight is 399 g/mol. The first-order chi connectivity index (χ1) is 14.3. The lowest BCUT2D eigenvalue weighted by atomic mass is 10.1. The summed E-state index contributed by atoms with van der Waals surface area (Å²) < 4.78 is 19.7. The van der Waals surface area contributed by atoms with Gasteiger partial charge in [0.15, 0.2) is 0 Å². The quantitative estimate of drug-likeness (QED) is 0.803. The van der Waals surface area contributed by atoms with Gasteiger partial charge in [-0.05, 0) is 38.1 Å². The fourth-order valence-electron chi connectivity index (χ4n) is 4.70. The van der Waals surface area contributed by atoms with E-state index in [9.17, 15) is 5.11 Å². The molecule has 0 bridgehead atoms. The Morgan fingerprint density at radius 3 is 2.86 bits per heavy atom. The van der Waals surface area contributed by atoms with E-state index in [-0.39, 0.29) is 18.2 Å². The molecule has 0 aliphatic carbocycles. The summed E-state index contributed by atoms with van der Waals surface area (Å²) in [5.74, 6) is 1.73. The molecular weight excluding hydrogens is 370 g/mol. The van der Waals surface area contributed by atoms with Crippen molar-refractivity contribution in [1.29, 1.82) is 0 Å². The molecule has 3 fully saturated rings. The van der Waals surface area contributed by atoms with Crippen molar-refractivity contribution in [2.75, 3.05) is 39.5 Å². The molecule has 3 saturated heterocycles. The number of aromatic nitrogens is 2. The topological polar surface area (TPSA) is 69.0 Å². The van der Waals surface area contributed by atoms with Gasteiger partial charge in [-0.25, -0.2) is 4.98 Å². The van der Waals surface area contributed by atoms with Crippen LogP contribution in [0.5, 0.6) is 5.75 Å². The Morgan fingerprint density at radius 1 is 1.10 bits per heavy atom. The highest BCUT2D eigenvalue weighted by Crippen LogP contribution is 2.36. The number of ether oxygens (including phenoxy) is 3. The van der Waals surface area contributed by atoms with Crippen molar-refractivity contribution in [3.63, 3.8) is 0 Å². The number of nitrogens with zero attached hydrogens (tertiary/aromatic N) is 3. The third kappa shape index (κ3) is 3.92. The van der Waals surface area contributed by atoms with Gasteiger partial charge in [0.1, 0.15) is 36.5 Å². The summed E-state index contributed by atoms with van der Waals surface area (Å²) in [6, 6.07) is 8.12. The first-order valence-corrected chi connectivity index (χ1v) is 10.7. The molecule has 29 heavy (non-hydrogen) atoms. The van der Waals surface area contributed by atoms with Gasteiger partial charge in [-0.1, -0.05) is 18.6 Å². The third-order valence-electron chi connectivity index (χ3n) is 6.24. The molecule has 0 radical (unpaired) electrons. The van der Waals surface area contributed by atoms with E-state index in [1.165, 1.54) is 32.4 Å². The van der Waals surface area contributed by atoms with Crippen LogP contribution in [-0.2, 0) is 9.47 Å². The van der Waals surface area contributed by atoms with Crippen molar-refractivity contribution in [3.8, 4) is 17.1 Å². The highest BCUT2D eigenvalue weighted by atomic mass is 16.6. The summed E-state index contributed by atoms with van der Waals surface area (Å²) in [4.78, 5) is 7.06. The van der Waals surface area contributed by atoms with Gasteiger partial charge in [0.05, 0.1) is 19.3 Å². The van der Waals surface area contributed by atoms with E-state index in [1.807, 2.05) is 30.5 Å². The van der Waals surface area contributed by atoms with Gasteiger partial charge in [-0.3, -0.25) is 4.90 Å². The van der Waals surface area contributed by atoms with Gasteiger partial charge in [0.2, 0.25) is 0 Å². The van der Waals surface area contributed by atoms with E-state index in [1.54, 1.807) is 6.20 Å². The summed E-state index contributed by atoms with van der Waals surface area (Å²) in [7, 11) is 0. The van der Waals surface area contributed by atoms with Crippen molar-refractivity contribution in [2.24, 2.45) is 0 Å². The minimum Gasteiger partial charge on any atom is -0.492 e. The Bertz CT molecular complexity index is 820. The lowest BCUT2D eigenvalue weighted by molar-refractivity contribution is 0.0172. The van der Waals surface area contributed by atoms with Crippen LogP contribution in [0.15, 0.2) is 36.7 Å². The van der Waals surface area contributed by atoms with Crippen LogP contribution in [0.3, 0.4) is 0 Å². The van der Waals surface area contributed by atoms with Gasteiger partial charge in [-0.15, -0.1) is 0 Å². The second kappa shape index (κ2) is 8.44. The van der Waals surface area contributed by atoms with Crippen LogP contribution in [0.4, 0.5) is 0 Å². The van der Waals surface area contributed by atoms with Crippen LogP contribution in [0.2, 0.25) is 0 Å². The number of imidazole rings is 1. The molecule has 4 atom stereocenters. The maximum atomic E-state index is 10.0. The van der Waals surface area contributed by atoms with Crippen molar-refractivity contribution < 1.29 is 19.3 Å². The van der Waals surface area contributed by atoms with Crippen molar-refractivity contribution >= 4 is 0 Å². The number of piperidine rings is 1. The Kier molecular flexibility index (Phi) is 5.54. The summed E-state index contributed by atoms with van der Waals surface area (Å²) in [6.07, 6.45) is 6.78. The Hall–Kier alpha value is -1.93. The van der Waals surface area contributed by atoms with E-state index in [0.29, 0.717) is 19.8 Å². The van der Waals surface area contributed by atoms with Gasteiger partial charge in [0.25, 0.3) is 0 Å². The SMILES string of the molecule is O[C@@H]1CO[C@H]2[C@@H]1OC[C@@H]2n1ccnc1-c1cccc(OCCN2CCCCC2)c1. The standard InChI is InChI=1S/C22H29N3O4/c26-19-15-29-20-18(14-28-21(19)20)25-10-7-23-22(25)16-5-4-6-17(13-16)27-12-11-24-8-2-1-3-9-24/h4-7,10,13,18-21,26H,1-3,8-9,11-12,14-15H2/t18-,19+,20+,21+/m0/s1. The lowest BCUT2D eigenvalue weighted by Gasteiger charge is -2.26. The predicted octanol–water partition coefficient (Wildman–Crippen LogP) is 2.11. The first kappa shape index (κ1) is 19.1. The number of benzene rings is 1. The summed E-state index contributed by atoms with van der Waals surface area (Å²) >= 11 is 0. The Morgan fingerprint density at radius 2 is 1.97 bits per heavy atom. The monoisotopic (exact) mass is 399 g/mol. The number of aliphatic hydroxyl groups excluding tert-OH is 1. The molecular formula is C22H29N3O4. The highest BCUT2D eigenvalue weighted by molar-refractivity contribution is 5.58. The fraction of sp³-hybridized carbons (Fsp3) is 0.591. The molecule has 0 unspecified atom stereocenters. The lowest BCUT2D eigenvalue weighted by Crippen LogP contribution is -2.33. The molecule has 5 rings (SSSR count). The van der Waals surface area contributed by atoms with Crippen molar-refractivity contribution in [2.45, 2.75) is 43.6 Å². The third-order valence-corrected chi connectivity index (χ3v) is 6.24. The minimum absolute atomic E-state index is 0.0123. The molecule has 2 aromatic rings. The molecule has 0 saturated carbocycles. The molecule has 1 N–H and O–H groups in total. The van der Waals surface area contributed by atoms with Crippen LogP contribution >= 0.6 is 0 Å². The van der Waals surface area contributed by atoms with Crippen LogP contribution in [-0.4, -0.2) is 77.3 Å². The average Bonchev–Trinajstić information content (AvgIpc) is 3.47. The maximum absolute atomic E-state index is 10.0. The zero-order valence-electron chi connectivity index (χ0n) is 16.7. The predicted molar refractivity (Wildman–Crippen MR) is 108 cm³/mol.